The zero-order valence-corrected chi connectivity index (χ0v) is 25.5. The summed E-state index contributed by atoms with van der Waals surface area (Å²) in [6.07, 6.45) is 2.55. The van der Waals surface area contributed by atoms with Crippen LogP contribution in [0.15, 0.2) is 108 Å². The van der Waals surface area contributed by atoms with Crippen molar-refractivity contribution in [2.75, 3.05) is 33.4 Å². The first kappa shape index (κ1) is 31.5. The van der Waals surface area contributed by atoms with Gasteiger partial charge in [0.2, 0.25) is 0 Å². The lowest BCUT2D eigenvalue weighted by molar-refractivity contribution is -0.385. The molecule has 3 aromatic rings. The van der Waals surface area contributed by atoms with Gasteiger partial charge < -0.3 is 25.4 Å². The van der Waals surface area contributed by atoms with Crippen LogP contribution in [0.4, 0.5) is 5.69 Å². The van der Waals surface area contributed by atoms with E-state index in [4.69, 9.17) is 15.2 Å². The molecule has 0 saturated carbocycles. The molecular weight excluding hydrogens is 572 g/mol. The fraction of sp³-hybridized carbons (Fsp3) is 0.314. The quantitative estimate of drug-likeness (QED) is 0.142. The molecule has 0 radical (unpaired) electrons. The number of likely N-dealkylation sites (tertiary alicyclic amines) is 1. The Morgan fingerprint density at radius 1 is 0.933 bits per heavy atom. The number of ether oxygens (including phenoxy) is 2. The molecule has 0 spiro atoms. The molecule has 45 heavy (non-hydrogen) atoms. The number of nitrogens with one attached hydrogen (secondary N) is 1. The molecule has 3 N–H and O–H groups in total. The first-order valence-corrected chi connectivity index (χ1v) is 15.1. The molecule has 0 bridgehead atoms. The van der Waals surface area contributed by atoms with E-state index >= 15 is 0 Å². The van der Waals surface area contributed by atoms with Gasteiger partial charge in [0.1, 0.15) is 5.82 Å². The Morgan fingerprint density at radius 2 is 1.51 bits per heavy atom. The normalized spacial score (nSPS) is 18.2. The van der Waals surface area contributed by atoms with Gasteiger partial charge in [-0.1, -0.05) is 78.9 Å². The second-order valence-electron chi connectivity index (χ2n) is 11.4. The van der Waals surface area contributed by atoms with Crippen molar-refractivity contribution in [1.29, 1.82) is 0 Å². The predicted octanol–water partition coefficient (Wildman–Crippen LogP) is 4.91. The van der Waals surface area contributed by atoms with E-state index in [9.17, 15) is 19.7 Å². The van der Waals surface area contributed by atoms with Gasteiger partial charge in [-0.15, -0.1) is 0 Å². The number of methoxy groups -OCH3 is 1. The molecule has 2 heterocycles. The Balaban J connectivity index is 1.26. The van der Waals surface area contributed by atoms with E-state index in [1.807, 2.05) is 12.1 Å². The first-order valence-electron chi connectivity index (χ1n) is 15.1. The monoisotopic (exact) mass is 610 g/mol. The minimum absolute atomic E-state index is 0.0359. The molecule has 1 saturated heterocycles. The summed E-state index contributed by atoms with van der Waals surface area (Å²) in [4.78, 5) is 40.1. The highest BCUT2D eigenvalue weighted by atomic mass is 16.6. The van der Waals surface area contributed by atoms with Gasteiger partial charge in [0.15, 0.2) is 0 Å². The summed E-state index contributed by atoms with van der Waals surface area (Å²) in [5.41, 5.74) is 9.00. The topological polar surface area (TPSA) is 137 Å². The highest BCUT2D eigenvalue weighted by Crippen LogP contribution is 2.43. The molecule has 1 atom stereocenters. The number of esters is 2. The zero-order chi connectivity index (χ0) is 32.0. The van der Waals surface area contributed by atoms with Gasteiger partial charge >= 0.3 is 11.9 Å². The molecule has 10 nitrogen and oxygen atoms in total. The van der Waals surface area contributed by atoms with Crippen molar-refractivity contribution in [3.05, 3.63) is 134 Å². The largest absolute Gasteiger partial charge is 0.466 e. The minimum atomic E-state index is -1.14. The van der Waals surface area contributed by atoms with Crippen molar-refractivity contribution in [1.82, 2.24) is 10.2 Å². The third-order valence-corrected chi connectivity index (χ3v) is 8.88. The van der Waals surface area contributed by atoms with E-state index < -0.39 is 22.8 Å². The maximum Gasteiger partial charge on any atom is 0.338 e. The number of carbonyl (C=O) groups excluding carboxylic acids is 2. The number of rotatable bonds is 10. The standard InChI is InChI=1S/C35H38N4O6/c1-24-29(30(31(32(36)37-24)33(40)44-2)27-16-9-10-17-28(27)39(42)43)34(41)45-23-11-20-38-21-18-35(19-22-38,25-12-5-3-6-13-25)26-14-7-4-8-15-26/h3-10,12-17,30,37H,11,18-23,36H2,1-2H3. The maximum absolute atomic E-state index is 13.6. The average Bonchev–Trinajstić information content (AvgIpc) is 3.07. The van der Waals surface area contributed by atoms with Gasteiger partial charge in [-0.05, 0) is 50.4 Å². The van der Waals surface area contributed by atoms with Gasteiger partial charge in [0, 0.05) is 29.3 Å². The molecule has 3 aromatic carbocycles. The second-order valence-corrected chi connectivity index (χ2v) is 11.4. The summed E-state index contributed by atoms with van der Waals surface area (Å²) < 4.78 is 10.7. The van der Waals surface area contributed by atoms with Crippen LogP contribution in [0.5, 0.6) is 0 Å². The minimum Gasteiger partial charge on any atom is -0.466 e. The van der Waals surface area contributed by atoms with Crippen molar-refractivity contribution in [2.45, 2.75) is 37.5 Å². The molecular formula is C35H38N4O6. The Labute approximate surface area is 262 Å². The molecule has 1 fully saturated rings. The van der Waals surface area contributed by atoms with Crippen molar-refractivity contribution in [2.24, 2.45) is 5.73 Å². The van der Waals surface area contributed by atoms with Gasteiger partial charge in [0.05, 0.1) is 35.7 Å². The summed E-state index contributed by atoms with van der Waals surface area (Å²) >= 11 is 0. The maximum atomic E-state index is 13.6. The van der Waals surface area contributed by atoms with Crippen LogP contribution in [0.1, 0.15) is 48.8 Å². The van der Waals surface area contributed by atoms with Crippen LogP contribution in [-0.2, 0) is 24.5 Å². The van der Waals surface area contributed by atoms with Crippen LogP contribution in [0.25, 0.3) is 0 Å². The van der Waals surface area contributed by atoms with Gasteiger partial charge in [-0.25, -0.2) is 9.59 Å². The molecule has 234 valence electrons. The van der Waals surface area contributed by atoms with Crippen LogP contribution < -0.4 is 11.1 Å². The predicted molar refractivity (Wildman–Crippen MR) is 170 cm³/mol. The Hall–Kier alpha value is -4.96. The third-order valence-electron chi connectivity index (χ3n) is 8.88. The lowest BCUT2D eigenvalue weighted by atomic mass is 9.68. The lowest BCUT2D eigenvalue weighted by Crippen LogP contribution is -2.43. The number of nitrogens with two attached hydrogens (primary N) is 1. The number of hydrogen-bond acceptors (Lipinski definition) is 9. The summed E-state index contributed by atoms with van der Waals surface area (Å²) in [6.45, 7) is 4.32. The summed E-state index contributed by atoms with van der Waals surface area (Å²) in [6, 6.07) is 27.3. The fourth-order valence-electron chi connectivity index (χ4n) is 6.62. The number of nitro benzene ring substituents is 1. The summed E-state index contributed by atoms with van der Waals surface area (Å²) in [5.74, 6) is -2.65. The van der Waals surface area contributed by atoms with Crippen LogP contribution >= 0.6 is 0 Å². The molecule has 1 unspecified atom stereocenters. The molecule has 10 heteroatoms. The average molecular weight is 611 g/mol. The second kappa shape index (κ2) is 13.8. The summed E-state index contributed by atoms with van der Waals surface area (Å²) in [7, 11) is 1.19. The number of benzene rings is 3. The Kier molecular flexibility index (Phi) is 9.63. The number of hydrogen-bond donors (Lipinski definition) is 2. The number of carbonyl (C=O) groups is 2. The van der Waals surface area contributed by atoms with Crippen LogP contribution in [0, 0.1) is 10.1 Å². The number of nitrogens with zero attached hydrogens (tertiary/aromatic N) is 2. The highest BCUT2D eigenvalue weighted by molar-refractivity contribution is 6.00. The van der Waals surface area contributed by atoms with Crippen LogP contribution in [-0.4, -0.2) is 55.1 Å². The van der Waals surface area contributed by atoms with E-state index in [1.165, 1.54) is 36.4 Å². The first-order chi connectivity index (χ1) is 21.8. The van der Waals surface area contributed by atoms with E-state index in [2.05, 4.69) is 58.7 Å². The van der Waals surface area contributed by atoms with E-state index in [-0.39, 0.29) is 40.2 Å². The number of piperidine rings is 1. The van der Waals surface area contributed by atoms with Crippen molar-refractivity contribution >= 4 is 17.6 Å². The van der Waals surface area contributed by atoms with E-state index in [0.29, 0.717) is 12.1 Å². The molecule has 5 rings (SSSR count). The SMILES string of the molecule is COC(=O)C1=C(N)NC(C)=C(C(=O)OCCCN2CCC(c3ccccc3)(c3ccccc3)CC2)C1c1ccccc1[N+](=O)[O-]. The highest BCUT2D eigenvalue weighted by Gasteiger charge is 2.41. The number of nitro groups is 1. The lowest BCUT2D eigenvalue weighted by Gasteiger charge is -2.43. The third kappa shape index (κ3) is 6.46. The number of allylic oxidation sites excluding steroid dienone is 1. The molecule has 2 aliphatic rings. The Bertz CT molecular complexity index is 1570. The van der Waals surface area contributed by atoms with Crippen LogP contribution in [0.3, 0.4) is 0 Å². The van der Waals surface area contributed by atoms with Gasteiger partial charge in [-0.3, -0.25) is 10.1 Å². The number of para-hydroxylation sites is 1. The molecule has 0 aromatic heterocycles. The smallest absolute Gasteiger partial charge is 0.338 e. The van der Waals surface area contributed by atoms with Crippen molar-refractivity contribution in [3.63, 3.8) is 0 Å². The Morgan fingerprint density at radius 3 is 2.09 bits per heavy atom. The van der Waals surface area contributed by atoms with Crippen LogP contribution in [0.2, 0.25) is 0 Å². The zero-order valence-electron chi connectivity index (χ0n) is 25.5. The van der Waals surface area contributed by atoms with Crippen molar-refractivity contribution in [3.8, 4) is 0 Å². The number of dihydropyridines is 1. The molecule has 2 aliphatic heterocycles. The van der Waals surface area contributed by atoms with Gasteiger partial charge in [0.25, 0.3) is 5.69 Å². The summed E-state index contributed by atoms with van der Waals surface area (Å²) in [5, 5.41) is 14.8. The molecule has 0 aliphatic carbocycles. The van der Waals surface area contributed by atoms with E-state index in [0.717, 1.165) is 32.5 Å². The van der Waals surface area contributed by atoms with E-state index in [1.54, 1.807) is 13.0 Å². The fourth-order valence-corrected chi connectivity index (χ4v) is 6.62. The molecule has 0 amide bonds. The van der Waals surface area contributed by atoms with Gasteiger partial charge in [-0.2, -0.15) is 0 Å². The van der Waals surface area contributed by atoms with Crippen molar-refractivity contribution < 1.29 is 24.0 Å².